The first kappa shape index (κ1) is 12.4. The van der Waals surface area contributed by atoms with Crippen molar-refractivity contribution in [1.82, 2.24) is 4.90 Å². The summed E-state index contributed by atoms with van der Waals surface area (Å²) in [5, 5.41) is 0. The van der Waals surface area contributed by atoms with Crippen molar-refractivity contribution < 1.29 is 0 Å². The highest BCUT2D eigenvalue weighted by atomic mass is 15.2. The predicted octanol–water partition coefficient (Wildman–Crippen LogP) is 2.62. The molecule has 2 nitrogen and oxygen atoms in total. The molecule has 0 aromatic carbocycles. The van der Waals surface area contributed by atoms with Crippen LogP contribution in [0.3, 0.4) is 0 Å². The van der Waals surface area contributed by atoms with Crippen LogP contribution in [0.5, 0.6) is 0 Å². The van der Waals surface area contributed by atoms with Gasteiger partial charge in [-0.1, -0.05) is 19.8 Å². The van der Waals surface area contributed by atoms with Gasteiger partial charge in [0.2, 0.25) is 0 Å². The third kappa shape index (κ3) is 2.43. The van der Waals surface area contributed by atoms with Crippen LogP contribution in [0.25, 0.3) is 0 Å². The van der Waals surface area contributed by atoms with Crippen molar-refractivity contribution in [3.8, 4) is 0 Å². The monoisotopic (exact) mass is 224 g/mol. The Hall–Kier alpha value is -0.0800. The fourth-order valence-corrected chi connectivity index (χ4v) is 3.80. The molecule has 4 unspecified atom stereocenters. The SMILES string of the molecule is CCC1CCCC1N1CC(CN)CCC1C. The highest BCUT2D eigenvalue weighted by Crippen LogP contribution is 2.36. The summed E-state index contributed by atoms with van der Waals surface area (Å²) in [5.41, 5.74) is 5.85. The molecular weight excluding hydrogens is 196 g/mol. The van der Waals surface area contributed by atoms with Gasteiger partial charge < -0.3 is 5.73 Å². The molecule has 2 aliphatic rings. The van der Waals surface area contributed by atoms with Crippen LogP contribution in [-0.4, -0.2) is 30.1 Å². The first-order chi connectivity index (χ1) is 7.76. The molecule has 2 heteroatoms. The Balaban J connectivity index is 2.00. The van der Waals surface area contributed by atoms with E-state index in [4.69, 9.17) is 5.73 Å². The normalized spacial score (nSPS) is 41.4. The largest absolute Gasteiger partial charge is 0.330 e. The quantitative estimate of drug-likeness (QED) is 0.798. The third-order valence-corrected chi connectivity index (χ3v) is 4.93. The summed E-state index contributed by atoms with van der Waals surface area (Å²) in [4.78, 5) is 2.79. The smallest absolute Gasteiger partial charge is 0.0126 e. The molecule has 0 radical (unpaired) electrons. The molecule has 0 amide bonds. The zero-order valence-corrected chi connectivity index (χ0v) is 11.0. The molecule has 94 valence electrons. The second-order valence-electron chi connectivity index (χ2n) is 5.89. The first-order valence-electron chi connectivity index (χ1n) is 7.22. The van der Waals surface area contributed by atoms with E-state index in [2.05, 4.69) is 18.7 Å². The minimum Gasteiger partial charge on any atom is -0.330 e. The van der Waals surface area contributed by atoms with E-state index in [-0.39, 0.29) is 0 Å². The van der Waals surface area contributed by atoms with Crippen molar-refractivity contribution in [3.63, 3.8) is 0 Å². The van der Waals surface area contributed by atoms with Gasteiger partial charge in [0.25, 0.3) is 0 Å². The number of likely N-dealkylation sites (tertiary alicyclic amines) is 1. The van der Waals surface area contributed by atoms with Gasteiger partial charge in [0, 0.05) is 18.6 Å². The molecule has 0 bridgehead atoms. The van der Waals surface area contributed by atoms with E-state index in [1.54, 1.807) is 0 Å². The molecular formula is C14H28N2. The Labute approximate surface area is 101 Å². The molecule has 0 aromatic rings. The minimum absolute atomic E-state index is 0.759. The van der Waals surface area contributed by atoms with Crippen LogP contribution in [0, 0.1) is 11.8 Å². The maximum atomic E-state index is 5.85. The van der Waals surface area contributed by atoms with E-state index < -0.39 is 0 Å². The second-order valence-corrected chi connectivity index (χ2v) is 5.89. The lowest BCUT2D eigenvalue weighted by molar-refractivity contribution is 0.0547. The Kier molecular flexibility index (Phi) is 4.26. The van der Waals surface area contributed by atoms with Crippen molar-refractivity contribution in [2.24, 2.45) is 17.6 Å². The molecule has 1 aliphatic heterocycles. The van der Waals surface area contributed by atoms with Gasteiger partial charge in [-0.2, -0.15) is 0 Å². The minimum atomic E-state index is 0.759. The predicted molar refractivity (Wildman–Crippen MR) is 69.4 cm³/mol. The van der Waals surface area contributed by atoms with Gasteiger partial charge in [-0.05, 0) is 51.0 Å². The summed E-state index contributed by atoms with van der Waals surface area (Å²) in [6.45, 7) is 6.92. The summed E-state index contributed by atoms with van der Waals surface area (Å²) in [5.74, 6) is 1.72. The highest BCUT2D eigenvalue weighted by Gasteiger charge is 2.36. The van der Waals surface area contributed by atoms with E-state index in [1.165, 1.54) is 45.1 Å². The Morgan fingerprint density at radius 1 is 1.19 bits per heavy atom. The molecule has 16 heavy (non-hydrogen) atoms. The standard InChI is InChI=1S/C14H28N2/c1-3-13-5-4-6-14(13)16-10-12(9-15)8-7-11(16)2/h11-14H,3-10,15H2,1-2H3. The van der Waals surface area contributed by atoms with Gasteiger partial charge >= 0.3 is 0 Å². The lowest BCUT2D eigenvalue weighted by atomic mass is 9.89. The molecule has 1 heterocycles. The van der Waals surface area contributed by atoms with Gasteiger partial charge in [-0.3, -0.25) is 4.90 Å². The molecule has 2 rings (SSSR count). The number of nitrogens with two attached hydrogens (primary N) is 1. The van der Waals surface area contributed by atoms with Crippen LogP contribution in [0.2, 0.25) is 0 Å². The number of nitrogens with zero attached hydrogens (tertiary/aromatic N) is 1. The maximum absolute atomic E-state index is 5.85. The van der Waals surface area contributed by atoms with Gasteiger partial charge in [-0.15, -0.1) is 0 Å². The van der Waals surface area contributed by atoms with Crippen LogP contribution < -0.4 is 5.73 Å². The lowest BCUT2D eigenvalue weighted by Crippen LogP contribution is -2.50. The van der Waals surface area contributed by atoms with Crippen molar-refractivity contribution in [2.45, 2.75) is 64.5 Å². The number of rotatable bonds is 3. The fraction of sp³-hybridized carbons (Fsp3) is 1.00. The van der Waals surface area contributed by atoms with Gasteiger partial charge in [0.05, 0.1) is 0 Å². The topological polar surface area (TPSA) is 29.3 Å². The summed E-state index contributed by atoms with van der Waals surface area (Å²) < 4.78 is 0. The van der Waals surface area contributed by atoms with Gasteiger partial charge in [-0.25, -0.2) is 0 Å². The molecule has 1 aliphatic carbocycles. The zero-order chi connectivity index (χ0) is 11.5. The van der Waals surface area contributed by atoms with Crippen LogP contribution in [0.1, 0.15) is 52.4 Å². The van der Waals surface area contributed by atoms with E-state index in [0.717, 1.165) is 30.5 Å². The fourth-order valence-electron chi connectivity index (χ4n) is 3.80. The summed E-state index contributed by atoms with van der Waals surface area (Å²) >= 11 is 0. The number of hydrogen-bond donors (Lipinski definition) is 1. The average molecular weight is 224 g/mol. The van der Waals surface area contributed by atoms with Crippen LogP contribution >= 0.6 is 0 Å². The van der Waals surface area contributed by atoms with Crippen molar-refractivity contribution in [2.75, 3.05) is 13.1 Å². The summed E-state index contributed by atoms with van der Waals surface area (Å²) in [6, 6.07) is 1.66. The molecule has 1 saturated carbocycles. The molecule has 1 saturated heterocycles. The number of hydrogen-bond acceptors (Lipinski definition) is 2. The second kappa shape index (κ2) is 5.50. The Morgan fingerprint density at radius 3 is 2.69 bits per heavy atom. The van der Waals surface area contributed by atoms with Crippen LogP contribution in [0.15, 0.2) is 0 Å². The third-order valence-electron chi connectivity index (χ3n) is 4.93. The zero-order valence-electron chi connectivity index (χ0n) is 11.0. The molecule has 0 aromatic heterocycles. The van der Waals surface area contributed by atoms with E-state index >= 15 is 0 Å². The van der Waals surface area contributed by atoms with Crippen molar-refractivity contribution >= 4 is 0 Å². The van der Waals surface area contributed by atoms with Crippen molar-refractivity contribution in [1.29, 1.82) is 0 Å². The molecule has 2 N–H and O–H groups in total. The van der Waals surface area contributed by atoms with Crippen LogP contribution in [-0.2, 0) is 0 Å². The lowest BCUT2D eigenvalue weighted by Gasteiger charge is -2.43. The van der Waals surface area contributed by atoms with Crippen molar-refractivity contribution in [3.05, 3.63) is 0 Å². The Morgan fingerprint density at radius 2 is 2.00 bits per heavy atom. The molecule has 4 atom stereocenters. The highest BCUT2D eigenvalue weighted by molar-refractivity contribution is 4.90. The van der Waals surface area contributed by atoms with E-state index in [0.29, 0.717) is 0 Å². The Bertz CT molecular complexity index is 217. The first-order valence-corrected chi connectivity index (χ1v) is 7.22. The molecule has 0 spiro atoms. The maximum Gasteiger partial charge on any atom is 0.0126 e. The van der Waals surface area contributed by atoms with E-state index in [9.17, 15) is 0 Å². The molecule has 2 fully saturated rings. The van der Waals surface area contributed by atoms with Gasteiger partial charge in [0.1, 0.15) is 0 Å². The number of piperidine rings is 1. The van der Waals surface area contributed by atoms with Gasteiger partial charge in [0.15, 0.2) is 0 Å². The van der Waals surface area contributed by atoms with E-state index in [1.807, 2.05) is 0 Å². The van der Waals surface area contributed by atoms with Crippen LogP contribution in [0.4, 0.5) is 0 Å². The summed E-state index contributed by atoms with van der Waals surface area (Å²) in [7, 11) is 0. The average Bonchev–Trinajstić information content (AvgIpc) is 2.77. The summed E-state index contributed by atoms with van der Waals surface area (Å²) in [6.07, 6.45) is 8.39.